The molecule has 0 radical (unpaired) electrons. The summed E-state index contributed by atoms with van der Waals surface area (Å²) in [6.45, 7) is 10.0. The summed E-state index contributed by atoms with van der Waals surface area (Å²) >= 11 is 0. The smallest absolute Gasteiger partial charge is 0.255 e. The van der Waals surface area contributed by atoms with Gasteiger partial charge < -0.3 is 19.3 Å². The van der Waals surface area contributed by atoms with Crippen molar-refractivity contribution in [3.8, 4) is 11.5 Å². The molecule has 152 valence electrons. The first-order valence-corrected chi connectivity index (χ1v) is 9.42. The average molecular weight is 394 g/mol. The highest BCUT2D eigenvalue weighted by atomic mass is 16.5. The van der Waals surface area contributed by atoms with Crippen LogP contribution < -0.4 is 14.8 Å². The van der Waals surface area contributed by atoms with E-state index in [1.165, 1.54) is 5.56 Å². The highest BCUT2D eigenvalue weighted by Gasteiger charge is 2.15. The number of carbonyl (C=O) groups excluding carboxylic acids is 1. The van der Waals surface area contributed by atoms with E-state index in [9.17, 15) is 4.79 Å². The molecule has 0 saturated carbocycles. The highest BCUT2D eigenvalue weighted by molar-refractivity contribution is 6.05. The molecule has 0 unspecified atom stereocenters. The molecule has 29 heavy (non-hydrogen) atoms. The van der Waals surface area contributed by atoms with Crippen LogP contribution in [0.2, 0.25) is 0 Å². The largest absolute Gasteiger partial charge is 0.493 e. The SMILES string of the molecule is COc1cc(C(=O)Nc2c(C)cc(C)cc2C)ccc1OCc1c(C)noc1C. The van der Waals surface area contributed by atoms with Gasteiger partial charge in [0.15, 0.2) is 11.5 Å². The topological polar surface area (TPSA) is 73.6 Å². The van der Waals surface area contributed by atoms with Crippen LogP contribution in [-0.4, -0.2) is 18.2 Å². The average Bonchev–Trinajstić information content (AvgIpc) is 3.00. The zero-order valence-electron chi connectivity index (χ0n) is 17.7. The maximum atomic E-state index is 12.8. The molecule has 0 spiro atoms. The molecule has 0 aliphatic rings. The normalized spacial score (nSPS) is 10.7. The predicted molar refractivity (Wildman–Crippen MR) is 112 cm³/mol. The molecule has 0 aliphatic heterocycles. The second-order valence-corrected chi connectivity index (χ2v) is 7.18. The number of ether oxygens (including phenoxy) is 2. The van der Waals surface area contributed by atoms with Crippen molar-refractivity contribution in [3.63, 3.8) is 0 Å². The van der Waals surface area contributed by atoms with Crippen molar-refractivity contribution in [3.05, 3.63) is 69.6 Å². The maximum absolute atomic E-state index is 12.8. The minimum Gasteiger partial charge on any atom is -0.493 e. The Kier molecular flexibility index (Phi) is 5.92. The Morgan fingerprint density at radius 3 is 2.31 bits per heavy atom. The van der Waals surface area contributed by atoms with E-state index in [2.05, 4.69) is 22.6 Å². The fourth-order valence-corrected chi connectivity index (χ4v) is 3.35. The molecule has 0 bridgehead atoms. The zero-order valence-corrected chi connectivity index (χ0v) is 17.7. The number of nitrogens with one attached hydrogen (secondary N) is 1. The number of methoxy groups -OCH3 is 1. The highest BCUT2D eigenvalue weighted by Crippen LogP contribution is 2.30. The number of benzene rings is 2. The molecule has 6 nitrogen and oxygen atoms in total. The first kappa shape index (κ1) is 20.5. The fourth-order valence-electron chi connectivity index (χ4n) is 3.35. The number of nitrogens with zero attached hydrogens (tertiary/aromatic N) is 1. The van der Waals surface area contributed by atoms with Crippen molar-refractivity contribution >= 4 is 11.6 Å². The van der Waals surface area contributed by atoms with E-state index in [-0.39, 0.29) is 5.91 Å². The number of amides is 1. The predicted octanol–water partition coefficient (Wildman–Crippen LogP) is 5.06. The number of rotatable bonds is 6. The molecule has 0 fully saturated rings. The fraction of sp³-hybridized carbons (Fsp3) is 0.304. The van der Waals surface area contributed by atoms with E-state index in [0.29, 0.717) is 23.7 Å². The number of hydrogen-bond acceptors (Lipinski definition) is 5. The van der Waals surface area contributed by atoms with E-state index >= 15 is 0 Å². The molecule has 1 N–H and O–H groups in total. The Labute approximate surface area is 170 Å². The van der Waals surface area contributed by atoms with Crippen LogP contribution in [0.4, 0.5) is 5.69 Å². The van der Waals surface area contributed by atoms with Gasteiger partial charge in [-0.05, 0) is 63.9 Å². The molecule has 3 aromatic rings. The Balaban J connectivity index is 1.78. The van der Waals surface area contributed by atoms with Gasteiger partial charge in [-0.25, -0.2) is 0 Å². The zero-order chi connectivity index (χ0) is 21.1. The summed E-state index contributed by atoms with van der Waals surface area (Å²) in [6.07, 6.45) is 0. The number of aromatic nitrogens is 1. The van der Waals surface area contributed by atoms with Crippen LogP contribution in [0.3, 0.4) is 0 Å². The molecule has 1 aromatic heterocycles. The molecular weight excluding hydrogens is 368 g/mol. The van der Waals surface area contributed by atoms with Gasteiger partial charge in [-0.15, -0.1) is 0 Å². The third-order valence-corrected chi connectivity index (χ3v) is 4.89. The lowest BCUT2D eigenvalue weighted by Crippen LogP contribution is -2.14. The molecule has 1 heterocycles. The lowest BCUT2D eigenvalue weighted by atomic mass is 10.0. The first-order chi connectivity index (χ1) is 13.8. The van der Waals surface area contributed by atoms with Crippen molar-refractivity contribution in [1.29, 1.82) is 0 Å². The van der Waals surface area contributed by atoms with Crippen LogP contribution in [0.1, 0.15) is 44.1 Å². The van der Waals surface area contributed by atoms with Gasteiger partial charge in [0.25, 0.3) is 5.91 Å². The third-order valence-electron chi connectivity index (χ3n) is 4.89. The van der Waals surface area contributed by atoms with Crippen LogP contribution in [0.5, 0.6) is 11.5 Å². The van der Waals surface area contributed by atoms with Gasteiger partial charge in [-0.1, -0.05) is 22.9 Å². The lowest BCUT2D eigenvalue weighted by Gasteiger charge is -2.15. The number of hydrogen-bond donors (Lipinski definition) is 1. The summed E-state index contributed by atoms with van der Waals surface area (Å²) in [4.78, 5) is 12.8. The van der Waals surface area contributed by atoms with Gasteiger partial charge in [0.1, 0.15) is 12.4 Å². The minimum atomic E-state index is -0.198. The van der Waals surface area contributed by atoms with Crippen molar-refractivity contribution in [2.45, 2.75) is 41.2 Å². The summed E-state index contributed by atoms with van der Waals surface area (Å²) < 4.78 is 16.5. The standard InChI is InChI=1S/C23H26N2O4/c1-13-9-14(2)22(15(3)10-13)24-23(26)18-7-8-20(21(11-18)27-6)28-12-19-16(4)25-29-17(19)5/h7-11H,12H2,1-6H3,(H,24,26). The van der Waals surface area contributed by atoms with E-state index < -0.39 is 0 Å². The summed E-state index contributed by atoms with van der Waals surface area (Å²) in [6, 6.07) is 9.24. The molecule has 6 heteroatoms. The van der Waals surface area contributed by atoms with Gasteiger partial charge in [0.05, 0.1) is 18.4 Å². The van der Waals surface area contributed by atoms with E-state index in [1.54, 1.807) is 25.3 Å². The lowest BCUT2D eigenvalue weighted by molar-refractivity contribution is 0.102. The molecule has 0 aliphatic carbocycles. The molecule has 0 saturated heterocycles. The van der Waals surface area contributed by atoms with Crippen LogP contribution in [0.15, 0.2) is 34.9 Å². The van der Waals surface area contributed by atoms with Gasteiger partial charge in [0.2, 0.25) is 0 Å². The van der Waals surface area contributed by atoms with E-state index in [0.717, 1.165) is 33.8 Å². The van der Waals surface area contributed by atoms with Gasteiger partial charge in [-0.3, -0.25) is 4.79 Å². The molecule has 3 rings (SSSR count). The van der Waals surface area contributed by atoms with Gasteiger partial charge in [-0.2, -0.15) is 0 Å². The van der Waals surface area contributed by atoms with Gasteiger partial charge in [0, 0.05) is 11.3 Å². The molecule has 0 atom stereocenters. The summed E-state index contributed by atoms with van der Waals surface area (Å²) in [7, 11) is 1.55. The third kappa shape index (κ3) is 4.42. The first-order valence-electron chi connectivity index (χ1n) is 9.42. The Morgan fingerprint density at radius 1 is 1.03 bits per heavy atom. The summed E-state index contributed by atoms with van der Waals surface area (Å²) in [5.41, 5.74) is 6.24. The van der Waals surface area contributed by atoms with Gasteiger partial charge >= 0.3 is 0 Å². The Morgan fingerprint density at radius 2 is 1.72 bits per heavy atom. The van der Waals surface area contributed by atoms with Crippen molar-refractivity contribution < 1.29 is 18.8 Å². The van der Waals surface area contributed by atoms with Crippen molar-refractivity contribution in [1.82, 2.24) is 5.16 Å². The quantitative estimate of drug-likeness (QED) is 0.633. The number of aryl methyl sites for hydroxylation is 5. The van der Waals surface area contributed by atoms with Crippen molar-refractivity contribution in [2.75, 3.05) is 12.4 Å². The summed E-state index contributed by atoms with van der Waals surface area (Å²) in [5, 5.41) is 6.93. The Bertz CT molecular complexity index is 1010. The second kappa shape index (κ2) is 8.39. The maximum Gasteiger partial charge on any atom is 0.255 e. The minimum absolute atomic E-state index is 0.198. The van der Waals surface area contributed by atoms with Crippen LogP contribution in [0.25, 0.3) is 0 Å². The van der Waals surface area contributed by atoms with Crippen LogP contribution in [0, 0.1) is 34.6 Å². The Hall–Kier alpha value is -3.28. The molecule has 1 amide bonds. The molecular formula is C23H26N2O4. The second-order valence-electron chi connectivity index (χ2n) is 7.18. The molecule has 2 aromatic carbocycles. The monoisotopic (exact) mass is 394 g/mol. The summed E-state index contributed by atoms with van der Waals surface area (Å²) in [5.74, 6) is 1.56. The van der Waals surface area contributed by atoms with Crippen molar-refractivity contribution in [2.24, 2.45) is 0 Å². The number of anilines is 1. The van der Waals surface area contributed by atoms with Crippen LogP contribution >= 0.6 is 0 Å². The number of carbonyl (C=O) groups is 1. The van der Waals surface area contributed by atoms with E-state index in [4.69, 9.17) is 14.0 Å². The van der Waals surface area contributed by atoms with Crippen LogP contribution in [-0.2, 0) is 6.61 Å². The van der Waals surface area contributed by atoms with E-state index in [1.807, 2.05) is 34.6 Å².